The van der Waals surface area contributed by atoms with Gasteiger partial charge in [-0.3, -0.25) is 0 Å². The summed E-state index contributed by atoms with van der Waals surface area (Å²) in [6.45, 7) is 9.10. The standard InChI is InChI=1S/C21H28O2/c1-13(2)16-12-14-9-10-17-15(8-7-11-21(17,3)4)18(14)20(23-6)19(16)22-5/h9-10,12-13H,7-8,11H2,1-6H3. The van der Waals surface area contributed by atoms with Gasteiger partial charge >= 0.3 is 0 Å². The van der Waals surface area contributed by atoms with Gasteiger partial charge in [-0.25, -0.2) is 0 Å². The summed E-state index contributed by atoms with van der Waals surface area (Å²) in [4.78, 5) is 0. The van der Waals surface area contributed by atoms with Gasteiger partial charge in [0, 0.05) is 10.9 Å². The van der Waals surface area contributed by atoms with Crippen molar-refractivity contribution in [1.82, 2.24) is 0 Å². The predicted octanol–water partition coefficient (Wildman–Crippen LogP) is 5.59. The molecule has 2 heteroatoms. The highest BCUT2D eigenvalue weighted by Gasteiger charge is 2.30. The van der Waals surface area contributed by atoms with Gasteiger partial charge in [0.15, 0.2) is 11.5 Å². The van der Waals surface area contributed by atoms with E-state index in [1.807, 2.05) is 0 Å². The van der Waals surface area contributed by atoms with Crippen molar-refractivity contribution >= 4 is 10.8 Å². The van der Waals surface area contributed by atoms with Gasteiger partial charge in [0.25, 0.3) is 0 Å². The number of hydrogen-bond donors (Lipinski definition) is 0. The average molecular weight is 312 g/mol. The van der Waals surface area contributed by atoms with Crippen molar-refractivity contribution in [3.63, 3.8) is 0 Å². The van der Waals surface area contributed by atoms with E-state index in [1.165, 1.54) is 40.3 Å². The zero-order valence-corrected chi connectivity index (χ0v) is 15.2. The van der Waals surface area contributed by atoms with E-state index < -0.39 is 0 Å². The molecule has 0 heterocycles. The van der Waals surface area contributed by atoms with Crippen LogP contribution in [0.15, 0.2) is 18.2 Å². The van der Waals surface area contributed by atoms with Crippen LogP contribution in [0.25, 0.3) is 10.8 Å². The van der Waals surface area contributed by atoms with Gasteiger partial charge < -0.3 is 9.47 Å². The molecule has 2 nitrogen and oxygen atoms in total. The van der Waals surface area contributed by atoms with Gasteiger partial charge in [-0.1, -0.05) is 39.8 Å². The lowest BCUT2D eigenvalue weighted by Gasteiger charge is -2.34. The molecule has 2 aromatic carbocycles. The second-order valence-corrected chi connectivity index (χ2v) is 7.61. The molecule has 0 atom stereocenters. The third kappa shape index (κ3) is 2.49. The minimum Gasteiger partial charge on any atom is -0.493 e. The van der Waals surface area contributed by atoms with Crippen molar-refractivity contribution in [2.24, 2.45) is 0 Å². The van der Waals surface area contributed by atoms with Crippen molar-refractivity contribution < 1.29 is 9.47 Å². The Labute approximate surface area is 139 Å². The molecule has 0 unspecified atom stereocenters. The second-order valence-electron chi connectivity index (χ2n) is 7.61. The molecule has 0 radical (unpaired) electrons. The third-order valence-electron chi connectivity index (χ3n) is 5.34. The lowest BCUT2D eigenvalue weighted by molar-refractivity contribution is 0.353. The van der Waals surface area contributed by atoms with Crippen molar-refractivity contribution in [3.8, 4) is 11.5 Å². The van der Waals surface area contributed by atoms with Crippen LogP contribution < -0.4 is 9.47 Å². The molecular weight excluding hydrogens is 284 g/mol. The number of ether oxygens (including phenoxy) is 2. The van der Waals surface area contributed by atoms with Crippen LogP contribution in [-0.2, 0) is 11.8 Å². The summed E-state index contributed by atoms with van der Waals surface area (Å²) in [6.07, 6.45) is 3.60. The molecule has 0 fully saturated rings. The molecule has 3 rings (SSSR count). The maximum Gasteiger partial charge on any atom is 0.169 e. The molecule has 0 aliphatic heterocycles. The van der Waals surface area contributed by atoms with E-state index in [1.54, 1.807) is 14.2 Å². The zero-order chi connectivity index (χ0) is 16.8. The summed E-state index contributed by atoms with van der Waals surface area (Å²) in [7, 11) is 3.50. The topological polar surface area (TPSA) is 18.5 Å². The number of fused-ring (bicyclic) bond motifs is 3. The van der Waals surface area contributed by atoms with Crippen LogP contribution in [0.4, 0.5) is 0 Å². The van der Waals surface area contributed by atoms with E-state index in [0.717, 1.165) is 17.9 Å². The summed E-state index contributed by atoms with van der Waals surface area (Å²) in [6, 6.07) is 6.87. The Morgan fingerprint density at radius 3 is 2.35 bits per heavy atom. The van der Waals surface area contributed by atoms with Gasteiger partial charge in [-0.15, -0.1) is 0 Å². The smallest absolute Gasteiger partial charge is 0.169 e. The Bertz CT molecular complexity index is 741. The summed E-state index contributed by atoms with van der Waals surface area (Å²) < 4.78 is 11.6. The third-order valence-corrected chi connectivity index (χ3v) is 5.34. The molecule has 1 aliphatic rings. The number of rotatable bonds is 3. The summed E-state index contributed by atoms with van der Waals surface area (Å²) in [5.41, 5.74) is 4.36. The maximum absolute atomic E-state index is 5.85. The van der Waals surface area contributed by atoms with Gasteiger partial charge in [0.05, 0.1) is 14.2 Å². The highest BCUT2D eigenvalue weighted by atomic mass is 16.5. The number of benzene rings is 2. The van der Waals surface area contributed by atoms with Crippen molar-refractivity contribution in [1.29, 1.82) is 0 Å². The fourth-order valence-corrected chi connectivity index (χ4v) is 4.10. The highest BCUT2D eigenvalue weighted by Crippen LogP contribution is 2.47. The lowest BCUT2D eigenvalue weighted by Crippen LogP contribution is -2.24. The molecule has 2 aromatic rings. The summed E-state index contributed by atoms with van der Waals surface area (Å²) >= 11 is 0. The van der Waals surface area contributed by atoms with Crippen LogP contribution in [0.1, 0.15) is 63.1 Å². The first kappa shape index (κ1) is 16.2. The van der Waals surface area contributed by atoms with Crippen LogP contribution in [0, 0.1) is 0 Å². The van der Waals surface area contributed by atoms with Crippen molar-refractivity contribution in [2.45, 2.75) is 58.3 Å². The van der Waals surface area contributed by atoms with Crippen molar-refractivity contribution in [3.05, 3.63) is 34.9 Å². The Morgan fingerprint density at radius 2 is 1.74 bits per heavy atom. The van der Waals surface area contributed by atoms with E-state index in [2.05, 4.69) is 45.9 Å². The Morgan fingerprint density at radius 1 is 1.04 bits per heavy atom. The van der Waals surface area contributed by atoms with Crippen molar-refractivity contribution in [2.75, 3.05) is 14.2 Å². The minimum absolute atomic E-state index is 0.233. The van der Waals surface area contributed by atoms with Crippen LogP contribution >= 0.6 is 0 Å². The van der Waals surface area contributed by atoms with Gasteiger partial charge in [-0.2, -0.15) is 0 Å². The van der Waals surface area contributed by atoms with Gasteiger partial charge in [0.1, 0.15) is 0 Å². The molecule has 124 valence electrons. The second kappa shape index (κ2) is 5.74. The summed E-state index contributed by atoms with van der Waals surface area (Å²) in [5, 5.41) is 2.52. The van der Waals surface area contributed by atoms with Gasteiger partial charge in [-0.05, 0) is 53.2 Å². The molecular formula is C21H28O2. The molecule has 0 saturated heterocycles. The Kier molecular flexibility index (Phi) is 4.03. The predicted molar refractivity (Wildman–Crippen MR) is 97.1 cm³/mol. The molecule has 23 heavy (non-hydrogen) atoms. The quantitative estimate of drug-likeness (QED) is 0.735. The molecule has 0 aromatic heterocycles. The largest absolute Gasteiger partial charge is 0.493 e. The highest BCUT2D eigenvalue weighted by molar-refractivity contribution is 5.96. The Hall–Kier alpha value is -1.70. The number of hydrogen-bond acceptors (Lipinski definition) is 2. The van der Waals surface area contributed by atoms with Crippen LogP contribution in [-0.4, -0.2) is 14.2 Å². The molecule has 0 saturated carbocycles. The first-order chi connectivity index (χ1) is 10.9. The maximum atomic E-state index is 5.85. The van der Waals surface area contributed by atoms with E-state index in [-0.39, 0.29) is 5.41 Å². The van der Waals surface area contributed by atoms with E-state index in [0.29, 0.717) is 5.92 Å². The molecule has 0 bridgehead atoms. The zero-order valence-electron chi connectivity index (χ0n) is 15.2. The van der Waals surface area contributed by atoms with Gasteiger partial charge in [0.2, 0.25) is 0 Å². The minimum atomic E-state index is 0.233. The van der Waals surface area contributed by atoms with E-state index in [4.69, 9.17) is 9.47 Å². The number of aryl methyl sites for hydroxylation is 1. The van der Waals surface area contributed by atoms with Crippen LogP contribution in [0.5, 0.6) is 11.5 Å². The monoisotopic (exact) mass is 312 g/mol. The van der Waals surface area contributed by atoms with E-state index in [9.17, 15) is 0 Å². The molecule has 1 aliphatic carbocycles. The van der Waals surface area contributed by atoms with E-state index >= 15 is 0 Å². The molecule has 0 N–H and O–H groups in total. The SMILES string of the molecule is COc1c(C(C)C)cc2ccc3c(c2c1OC)CCCC3(C)C. The van der Waals surface area contributed by atoms with Crippen LogP contribution in [0.2, 0.25) is 0 Å². The fraction of sp³-hybridized carbons (Fsp3) is 0.524. The molecule has 0 amide bonds. The first-order valence-electron chi connectivity index (χ1n) is 8.61. The summed E-state index contributed by atoms with van der Waals surface area (Å²) in [5.74, 6) is 2.20. The average Bonchev–Trinajstić information content (AvgIpc) is 2.52. The first-order valence-corrected chi connectivity index (χ1v) is 8.61. The lowest BCUT2D eigenvalue weighted by atomic mass is 9.71. The molecule has 0 spiro atoms. The fourth-order valence-electron chi connectivity index (χ4n) is 4.10. The van der Waals surface area contributed by atoms with Crippen LogP contribution in [0.3, 0.4) is 0 Å². The Balaban J connectivity index is 2.42. The number of methoxy groups -OCH3 is 2. The normalized spacial score (nSPS) is 16.5.